The molecule has 0 radical (unpaired) electrons. The molecule has 0 bridgehead atoms. The van der Waals surface area contributed by atoms with Crippen LogP contribution in [0.4, 0.5) is 10.5 Å². The van der Waals surface area contributed by atoms with Gasteiger partial charge in [-0.15, -0.1) is 0 Å². The van der Waals surface area contributed by atoms with Crippen LogP contribution in [0.3, 0.4) is 0 Å². The van der Waals surface area contributed by atoms with Gasteiger partial charge in [0, 0.05) is 38.2 Å². The van der Waals surface area contributed by atoms with Gasteiger partial charge in [-0.25, -0.2) is 4.79 Å². The van der Waals surface area contributed by atoms with E-state index in [1.54, 1.807) is 23.8 Å². The van der Waals surface area contributed by atoms with Crippen LogP contribution in [0.25, 0.3) is 0 Å². The van der Waals surface area contributed by atoms with Gasteiger partial charge in [0.05, 0.1) is 0 Å². The van der Waals surface area contributed by atoms with Gasteiger partial charge in [0.15, 0.2) is 0 Å². The highest BCUT2D eigenvalue weighted by molar-refractivity contribution is 5.90. The maximum absolute atomic E-state index is 12.2. The molecule has 1 heterocycles. The van der Waals surface area contributed by atoms with Crippen LogP contribution in [0, 0.1) is 0 Å². The number of benzene rings is 2. The molecule has 0 spiro atoms. The fourth-order valence-corrected chi connectivity index (χ4v) is 4.33. The third-order valence-electron chi connectivity index (χ3n) is 6.46. The second-order valence-corrected chi connectivity index (χ2v) is 8.00. The first-order valence-electron chi connectivity index (χ1n) is 10.8. The van der Waals surface area contributed by atoms with Crippen LogP contribution >= 0.6 is 0 Å². The van der Waals surface area contributed by atoms with Crippen LogP contribution in [0.1, 0.15) is 57.6 Å². The summed E-state index contributed by atoms with van der Waals surface area (Å²) in [4.78, 5) is 27.3. The molecule has 30 heavy (non-hydrogen) atoms. The van der Waals surface area contributed by atoms with E-state index >= 15 is 0 Å². The molecule has 0 unspecified atom stereocenters. The largest absolute Gasteiger partial charge is 0.415 e. The number of anilines is 1. The molecule has 160 valence electrons. The van der Waals surface area contributed by atoms with E-state index in [9.17, 15) is 9.59 Å². The van der Waals surface area contributed by atoms with Gasteiger partial charge < -0.3 is 14.5 Å². The van der Waals surface area contributed by atoms with Gasteiger partial charge in [-0.2, -0.15) is 0 Å². The highest BCUT2D eigenvalue weighted by atomic mass is 16.6. The van der Waals surface area contributed by atoms with Crippen LogP contribution in [0.5, 0.6) is 5.75 Å². The van der Waals surface area contributed by atoms with E-state index in [1.807, 2.05) is 24.3 Å². The number of carbonyl (C=O) groups is 2. The summed E-state index contributed by atoms with van der Waals surface area (Å²) in [5, 5.41) is 0. The van der Waals surface area contributed by atoms with Crippen molar-refractivity contribution in [2.45, 2.75) is 51.9 Å². The van der Waals surface area contributed by atoms with Crippen LogP contribution in [0.15, 0.2) is 48.5 Å². The summed E-state index contributed by atoms with van der Waals surface area (Å²) in [7, 11) is 1.78. The topological polar surface area (TPSA) is 49.9 Å². The first kappa shape index (κ1) is 21.9. The lowest BCUT2D eigenvalue weighted by atomic mass is 9.70. The van der Waals surface area contributed by atoms with Crippen molar-refractivity contribution in [1.82, 2.24) is 4.90 Å². The molecule has 1 aliphatic heterocycles. The number of carbonyl (C=O) groups excluding carboxylic acids is 2. The van der Waals surface area contributed by atoms with Gasteiger partial charge in [0.2, 0.25) is 5.91 Å². The lowest BCUT2D eigenvalue weighted by molar-refractivity contribution is -0.116. The summed E-state index contributed by atoms with van der Waals surface area (Å²) < 4.78 is 5.55. The molecule has 0 aromatic heterocycles. The summed E-state index contributed by atoms with van der Waals surface area (Å²) in [5.74, 6) is 0.592. The third-order valence-corrected chi connectivity index (χ3v) is 6.46. The van der Waals surface area contributed by atoms with Crippen molar-refractivity contribution in [3.8, 4) is 5.75 Å². The van der Waals surface area contributed by atoms with Crippen molar-refractivity contribution in [3.05, 3.63) is 59.7 Å². The Kier molecular flexibility index (Phi) is 6.80. The van der Waals surface area contributed by atoms with Crippen molar-refractivity contribution < 1.29 is 14.3 Å². The number of hydrogen-bond acceptors (Lipinski definition) is 3. The molecule has 3 rings (SSSR count). The summed E-state index contributed by atoms with van der Waals surface area (Å²) >= 11 is 0. The van der Waals surface area contributed by atoms with Crippen molar-refractivity contribution in [2.24, 2.45) is 0 Å². The number of hydrogen-bond donors (Lipinski definition) is 0. The maximum atomic E-state index is 12.2. The molecule has 0 N–H and O–H groups in total. The average Bonchev–Trinajstić information content (AvgIpc) is 3.31. The minimum atomic E-state index is -0.261. The Bertz CT molecular complexity index is 864. The van der Waals surface area contributed by atoms with Crippen LogP contribution in [-0.4, -0.2) is 37.0 Å². The summed E-state index contributed by atoms with van der Waals surface area (Å²) in [6.45, 7) is 7.51. The lowest BCUT2D eigenvalue weighted by Crippen LogP contribution is -2.30. The molecule has 1 saturated heterocycles. The molecule has 0 aliphatic carbocycles. The third kappa shape index (κ3) is 4.35. The predicted molar refractivity (Wildman–Crippen MR) is 120 cm³/mol. The van der Waals surface area contributed by atoms with E-state index in [1.165, 1.54) is 11.1 Å². The zero-order valence-corrected chi connectivity index (χ0v) is 18.5. The number of amides is 2. The zero-order chi connectivity index (χ0) is 21.7. The van der Waals surface area contributed by atoms with E-state index in [0.29, 0.717) is 5.75 Å². The van der Waals surface area contributed by atoms with Crippen LogP contribution in [0.2, 0.25) is 0 Å². The molecule has 2 aromatic rings. The minimum absolute atomic E-state index is 0.0130. The van der Waals surface area contributed by atoms with Gasteiger partial charge in [0.25, 0.3) is 0 Å². The summed E-state index contributed by atoms with van der Waals surface area (Å²) in [6.07, 6.45) is 3.72. The number of likely N-dealkylation sites (tertiary alicyclic amines) is 1. The Hall–Kier alpha value is -2.82. The normalized spacial score (nSPS) is 13.9. The number of rotatable bonds is 6. The number of nitrogens with zero attached hydrogens (tertiary/aromatic N) is 2. The van der Waals surface area contributed by atoms with Gasteiger partial charge in [0.1, 0.15) is 5.75 Å². The Morgan fingerprint density at radius 2 is 1.43 bits per heavy atom. The molecular formula is C25H32N2O3. The van der Waals surface area contributed by atoms with E-state index in [2.05, 4.69) is 38.1 Å². The molecular weight excluding hydrogens is 376 g/mol. The first-order chi connectivity index (χ1) is 14.4. The predicted octanol–water partition coefficient (Wildman–Crippen LogP) is 5.37. The molecule has 5 nitrogen and oxygen atoms in total. The Labute approximate surface area is 179 Å². The Morgan fingerprint density at radius 1 is 0.933 bits per heavy atom. The Balaban J connectivity index is 1.82. The van der Waals surface area contributed by atoms with E-state index in [-0.39, 0.29) is 17.4 Å². The SMILES string of the molecule is CCC(CC)(c1ccc(OC(=O)N2CCCC2)cc1)c1ccc(N(C)C(C)=O)cc1. The van der Waals surface area contributed by atoms with E-state index < -0.39 is 0 Å². The van der Waals surface area contributed by atoms with Crippen molar-refractivity contribution in [2.75, 3.05) is 25.0 Å². The fraction of sp³-hybridized carbons (Fsp3) is 0.440. The maximum Gasteiger partial charge on any atom is 0.415 e. The molecule has 0 saturated carbocycles. The van der Waals surface area contributed by atoms with Crippen LogP contribution in [-0.2, 0) is 10.2 Å². The van der Waals surface area contributed by atoms with Gasteiger partial charge in [-0.3, -0.25) is 4.79 Å². The zero-order valence-electron chi connectivity index (χ0n) is 18.5. The highest BCUT2D eigenvalue weighted by Gasteiger charge is 2.31. The lowest BCUT2D eigenvalue weighted by Gasteiger charge is -2.33. The van der Waals surface area contributed by atoms with Gasteiger partial charge in [-0.05, 0) is 61.1 Å². The quantitative estimate of drug-likeness (QED) is 0.646. The average molecular weight is 409 g/mol. The smallest absolute Gasteiger partial charge is 0.410 e. The molecule has 1 aliphatic rings. The van der Waals surface area contributed by atoms with Crippen molar-refractivity contribution >= 4 is 17.7 Å². The van der Waals surface area contributed by atoms with Crippen LogP contribution < -0.4 is 9.64 Å². The van der Waals surface area contributed by atoms with Crippen molar-refractivity contribution in [1.29, 1.82) is 0 Å². The summed E-state index contributed by atoms with van der Waals surface area (Å²) in [5.41, 5.74) is 3.16. The van der Waals surface area contributed by atoms with E-state index in [4.69, 9.17) is 4.74 Å². The second kappa shape index (κ2) is 9.33. The highest BCUT2D eigenvalue weighted by Crippen LogP contribution is 2.40. The van der Waals surface area contributed by atoms with Gasteiger partial charge in [-0.1, -0.05) is 38.1 Å². The second-order valence-electron chi connectivity index (χ2n) is 8.00. The molecule has 0 atom stereocenters. The minimum Gasteiger partial charge on any atom is -0.410 e. The molecule has 1 fully saturated rings. The fourth-order valence-electron chi connectivity index (χ4n) is 4.33. The molecule has 5 heteroatoms. The number of ether oxygens (including phenoxy) is 1. The Morgan fingerprint density at radius 3 is 1.90 bits per heavy atom. The first-order valence-corrected chi connectivity index (χ1v) is 10.8. The standard InChI is InChI=1S/C25H32N2O3/c1-5-25(6-2,20-9-13-22(14-10-20)26(4)19(3)28)21-11-15-23(16-12-21)30-24(29)27-17-7-8-18-27/h9-16H,5-8,17-18H2,1-4H3. The van der Waals surface area contributed by atoms with Gasteiger partial charge >= 0.3 is 6.09 Å². The molecule has 2 amide bonds. The molecule has 2 aromatic carbocycles. The van der Waals surface area contributed by atoms with Crippen molar-refractivity contribution in [3.63, 3.8) is 0 Å². The monoisotopic (exact) mass is 408 g/mol. The van der Waals surface area contributed by atoms with E-state index in [0.717, 1.165) is 44.5 Å². The summed E-state index contributed by atoms with van der Waals surface area (Å²) in [6, 6.07) is 16.1.